The van der Waals surface area contributed by atoms with E-state index < -0.39 is 0 Å². The Labute approximate surface area is 214 Å². The van der Waals surface area contributed by atoms with E-state index in [9.17, 15) is 0 Å². The minimum absolute atomic E-state index is 0.576. The smallest absolute Gasteiger partial charge is 0.196 e. The molecule has 0 saturated heterocycles. The number of nitrogens with zero attached hydrogens (tertiary/aromatic N) is 6. The number of pyridine rings is 1. The minimum atomic E-state index is 0.576. The van der Waals surface area contributed by atoms with Crippen molar-refractivity contribution < 1.29 is 18.6 Å². The van der Waals surface area contributed by atoms with Crippen LogP contribution in [-0.4, -0.2) is 72.4 Å². The summed E-state index contributed by atoms with van der Waals surface area (Å²) in [6.45, 7) is 2.51. The molecule has 0 aliphatic carbocycles. The van der Waals surface area contributed by atoms with E-state index in [1.165, 1.54) is 0 Å². The largest absolute Gasteiger partial charge is 0.496 e. The third kappa shape index (κ3) is 5.02. The second-order valence-electron chi connectivity index (χ2n) is 8.23. The first-order chi connectivity index (χ1) is 18.2. The van der Waals surface area contributed by atoms with Crippen molar-refractivity contribution in [1.82, 2.24) is 24.8 Å². The molecule has 0 spiro atoms. The monoisotopic (exact) mass is 500 g/mol. The van der Waals surface area contributed by atoms with Crippen molar-refractivity contribution in [2.45, 2.75) is 0 Å². The third-order valence-electron chi connectivity index (χ3n) is 5.93. The first kappa shape index (κ1) is 24.4. The van der Waals surface area contributed by atoms with Gasteiger partial charge in [-0.05, 0) is 36.4 Å². The van der Waals surface area contributed by atoms with Gasteiger partial charge in [0.25, 0.3) is 0 Å². The van der Waals surface area contributed by atoms with Gasteiger partial charge in [0.1, 0.15) is 17.2 Å². The van der Waals surface area contributed by atoms with Crippen LogP contribution in [0.3, 0.4) is 0 Å². The van der Waals surface area contributed by atoms with E-state index >= 15 is 0 Å². The molecule has 37 heavy (non-hydrogen) atoms. The second-order valence-corrected chi connectivity index (χ2v) is 8.23. The normalized spacial score (nSPS) is 11.9. The molecule has 0 unspecified atom stereocenters. The van der Waals surface area contributed by atoms with Crippen molar-refractivity contribution in [2.24, 2.45) is 0 Å². The maximum Gasteiger partial charge on any atom is 0.196 e. The van der Waals surface area contributed by atoms with E-state index in [4.69, 9.17) is 23.7 Å². The van der Waals surface area contributed by atoms with Gasteiger partial charge in [0.05, 0.1) is 36.8 Å². The molecule has 0 aliphatic rings. The summed E-state index contributed by atoms with van der Waals surface area (Å²) in [5.41, 5.74) is 2.78. The SMILES string of the molecule is COCCN(CCOC)c1ccc(C=c2c(-c3ccccn3)nn3c(-c4ccccc4OC)nnc23)o1. The topological polar surface area (TPSA) is 100 Å². The van der Waals surface area contributed by atoms with Gasteiger partial charge < -0.3 is 23.5 Å². The highest BCUT2D eigenvalue weighted by atomic mass is 16.5. The van der Waals surface area contributed by atoms with E-state index in [-0.39, 0.29) is 0 Å². The van der Waals surface area contributed by atoms with Gasteiger partial charge in [-0.25, -0.2) is 0 Å². The quantitative estimate of drug-likeness (QED) is 0.271. The van der Waals surface area contributed by atoms with E-state index in [0.717, 1.165) is 22.4 Å². The number of aromatic nitrogens is 5. The molecule has 1 aromatic carbocycles. The zero-order valence-electron chi connectivity index (χ0n) is 21.0. The lowest BCUT2D eigenvalue weighted by Gasteiger charge is -2.20. The molecule has 0 atom stereocenters. The van der Waals surface area contributed by atoms with Crippen molar-refractivity contribution >= 4 is 17.6 Å². The van der Waals surface area contributed by atoms with Crippen LogP contribution < -0.4 is 14.9 Å². The summed E-state index contributed by atoms with van der Waals surface area (Å²) in [5, 5.41) is 14.6. The number of furan rings is 1. The van der Waals surface area contributed by atoms with Crippen LogP contribution in [0.2, 0.25) is 0 Å². The van der Waals surface area contributed by atoms with Crippen LogP contribution in [0.4, 0.5) is 5.88 Å². The molecule has 5 rings (SSSR count). The fourth-order valence-electron chi connectivity index (χ4n) is 4.09. The molecule has 5 aromatic rings. The van der Waals surface area contributed by atoms with Crippen molar-refractivity contribution in [3.8, 4) is 28.5 Å². The van der Waals surface area contributed by atoms with E-state index in [0.29, 0.717) is 55.0 Å². The Morgan fingerprint density at radius 1 is 0.919 bits per heavy atom. The van der Waals surface area contributed by atoms with Crippen LogP contribution >= 0.6 is 0 Å². The van der Waals surface area contributed by atoms with Gasteiger partial charge in [-0.2, -0.15) is 9.61 Å². The van der Waals surface area contributed by atoms with Gasteiger partial charge in [-0.3, -0.25) is 4.98 Å². The fraction of sp³-hybridized carbons (Fsp3) is 0.259. The Balaban J connectivity index is 1.63. The number of hydrogen-bond donors (Lipinski definition) is 0. The van der Waals surface area contributed by atoms with Gasteiger partial charge in [0, 0.05) is 39.6 Å². The van der Waals surface area contributed by atoms with Crippen molar-refractivity contribution in [3.05, 3.63) is 71.8 Å². The third-order valence-corrected chi connectivity index (χ3v) is 5.93. The maximum absolute atomic E-state index is 6.21. The molecule has 10 heteroatoms. The highest BCUT2D eigenvalue weighted by Crippen LogP contribution is 2.28. The van der Waals surface area contributed by atoms with Gasteiger partial charge in [-0.15, -0.1) is 10.2 Å². The van der Waals surface area contributed by atoms with E-state index in [1.54, 1.807) is 32.0 Å². The predicted molar refractivity (Wildman–Crippen MR) is 139 cm³/mol. The average Bonchev–Trinajstić information content (AvgIpc) is 3.66. The van der Waals surface area contributed by atoms with Crippen LogP contribution in [0.1, 0.15) is 5.76 Å². The van der Waals surface area contributed by atoms with Crippen molar-refractivity contribution in [2.75, 3.05) is 52.5 Å². The van der Waals surface area contributed by atoms with E-state index in [1.807, 2.05) is 60.7 Å². The summed E-state index contributed by atoms with van der Waals surface area (Å²) in [7, 11) is 4.99. The first-order valence-electron chi connectivity index (χ1n) is 11.9. The van der Waals surface area contributed by atoms with Gasteiger partial charge in [-0.1, -0.05) is 18.2 Å². The number of fused-ring (bicyclic) bond motifs is 1. The van der Waals surface area contributed by atoms with Crippen molar-refractivity contribution in [3.63, 3.8) is 0 Å². The Hall–Kier alpha value is -4.28. The average molecular weight is 501 g/mol. The van der Waals surface area contributed by atoms with Crippen LogP contribution in [0.5, 0.6) is 5.75 Å². The molecule has 190 valence electrons. The molecular formula is C27H28N6O4. The number of ether oxygens (including phenoxy) is 3. The van der Waals surface area contributed by atoms with Crippen LogP contribution in [0.25, 0.3) is 34.5 Å². The van der Waals surface area contributed by atoms with E-state index in [2.05, 4.69) is 20.1 Å². The molecule has 0 amide bonds. The summed E-state index contributed by atoms with van der Waals surface area (Å²) in [4.78, 5) is 6.61. The van der Waals surface area contributed by atoms with Gasteiger partial charge in [0.2, 0.25) is 0 Å². The molecule has 0 saturated carbocycles. The van der Waals surface area contributed by atoms with Gasteiger partial charge >= 0.3 is 0 Å². The zero-order chi connectivity index (χ0) is 25.6. The lowest BCUT2D eigenvalue weighted by atomic mass is 10.2. The molecule has 0 aliphatic heterocycles. The molecule has 0 radical (unpaired) electrons. The number of anilines is 1. The Morgan fingerprint density at radius 3 is 2.43 bits per heavy atom. The first-order valence-corrected chi connectivity index (χ1v) is 11.9. The summed E-state index contributed by atoms with van der Waals surface area (Å²) in [6, 6.07) is 17.2. The standard InChI is InChI=1S/C27H28N6O4/c1-34-16-14-32(15-17-35-2)24-12-11-19(37-24)18-21-25(22-9-6-7-13-28-22)31-33-26(29-30-27(21)33)20-8-4-5-10-23(20)36-3/h4-13,18H,14-17H2,1-3H3. The lowest BCUT2D eigenvalue weighted by Crippen LogP contribution is -2.30. The molecule has 0 N–H and O–H groups in total. The summed E-state index contributed by atoms with van der Waals surface area (Å²) in [5.74, 6) is 2.65. The Kier molecular flexibility index (Phi) is 7.38. The zero-order valence-corrected chi connectivity index (χ0v) is 21.0. The summed E-state index contributed by atoms with van der Waals surface area (Å²) < 4.78 is 24.0. The molecule has 0 fully saturated rings. The van der Waals surface area contributed by atoms with Crippen LogP contribution in [0.15, 0.2) is 65.2 Å². The Bertz CT molecular complexity index is 1510. The highest BCUT2D eigenvalue weighted by molar-refractivity contribution is 5.72. The molecule has 4 aromatic heterocycles. The lowest BCUT2D eigenvalue weighted by molar-refractivity contribution is 0.188. The molecule has 4 heterocycles. The Morgan fingerprint density at radius 2 is 1.70 bits per heavy atom. The maximum atomic E-state index is 6.21. The summed E-state index contributed by atoms with van der Waals surface area (Å²) in [6.07, 6.45) is 3.66. The number of benzene rings is 1. The number of para-hydroxylation sites is 1. The molecular weight excluding hydrogens is 472 g/mol. The number of rotatable bonds is 11. The van der Waals surface area contributed by atoms with Crippen LogP contribution in [0, 0.1) is 0 Å². The molecule has 10 nitrogen and oxygen atoms in total. The fourth-order valence-corrected chi connectivity index (χ4v) is 4.09. The molecule has 0 bridgehead atoms. The van der Waals surface area contributed by atoms with Gasteiger partial charge in [0.15, 0.2) is 17.4 Å². The predicted octanol–water partition coefficient (Wildman–Crippen LogP) is 3.10. The van der Waals surface area contributed by atoms with Crippen LogP contribution in [-0.2, 0) is 9.47 Å². The highest BCUT2D eigenvalue weighted by Gasteiger charge is 2.20. The summed E-state index contributed by atoms with van der Waals surface area (Å²) >= 11 is 0. The number of hydrogen-bond acceptors (Lipinski definition) is 9. The second kappa shape index (κ2) is 11.2. The van der Waals surface area contributed by atoms with Crippen molar-refractivity contribution in [1.29, 1.82) is 0 Å². The number of methoxy groups -OCH3 is 3. The minimum Gasteiger partial charge on any atom is -0.496 e.